The van der Waals surface area contributed by atoms with Crippen LogP contribution in [0.3, 0.4) is 0 Å². The van der Waals surface area contributed by atoms with Crippen molar-refractivity contribution in [3.8, 4) is 5.82 Å². The number of halogens is 2. The number of hydrogen-bond donors (Lipinski definition) is 1. The predicted molar refractivity (Wildman–Crippen MR) is 128 cm³/mol. The van der Waals surface area contributed by atoms with Crippen LogP contribution in [0.5, 0.6) is 0 Å². The molecule has 0 spiro atoms. The van der Waals surface area contributed by atoms with E-state index in [1.807, 2.05) is 19.4 Å². The van der Waals surface area contributed by atoms with E-state index < -0.39 is 11.3 Å². The Morgan fingerprint density at radius 2 is 1.91 bits per heavy atom. The second kappa shape index (κ2) is 7.85. The summed E-state index contributed by atoms with van der Waals surface area (Å²) in [7, 11) is 1.86. The van der Waals surface area contributed by atoms with Gasteiger partial charge in [0, 0.05) is 42.0 Å². The smallest absolute Gasteiger partial charge is 0.232 e. The van der Waals surface area contributed by atoms with Gasteiger partial charge in [-0.1, -0.05) is 23.2 Å². The Morgan fingerprint density at radius 1 is 1.11 bits per heavy atom. The van der Waals surface area contributed by atoms with Gasteiger partial charge in [-0.15, -0.1) is 4.80 Å². The number of amides is 1. The van der Waals surface area contributed by atoms with Gasteiger partial charge < -0.3 is 5.32 Å². The van der Waals surface area contributed by atoms with E-state index in [9.17, 15) is 4.79 Å². The first-order valence-corrected chi connectivity index (χ1v) is 11.5. The molecule has 176 valence electrons. The van der Waals surface area contributed by atoms with Crippen molar-refractivity contribution in [1.29, 1.82) is 0 Å². The van der Waals surface area contributed by atoms with Crippen LogP contribution in [-0.2, 0) is 17.3 Å². The number of fused-ring (bicyclic) bond motifs is 3. The molecule has 35 heavy (non-hydrogen) atoms. The van der Waals surface area contributed by atoms with Crippen LogP contribution < -0.4 is 5.32 Å². The van der Waals surface area contributed by atoms with Crippen molar-refractivity contribution in [3.05, 3.63) is 76.3 Å². The maximum absolute atomic E-state index is 13.6. The number of pyridine rings is 1. The van der Waals surface area contributed by atoms with Gasteiger partial charge in [0.2, 0.25) is 5.91 Å². The second-order valence-corrected chi connectivity index (χ2v) is 9.42. The Labute approximate surface area is 208 Å². The number of nitrogens with one attached hydrogen (secondary N) is 1. The summed E-state index contributed by atoms with van der Waals surface area (Å²) < 4.78 is 3.47. The maximum atomic E-state index is 13.6. The highest BCUT2D eigenvalue weighted by Crippen LogP contribution is 2.50. The van der Waals surface area contributed by atoms with Crippen LogP contribution >= 0.6 is 23.2 Å². The minimum Gasteiger partial charge on any atom is -0.324 e. The van der Waals surface area contributed by atoms with Gasteiger partial charge in [-0.2, -0.15) is 20.4 Å². The van der Waals surface area contributed by atoms with Gasteiger partial charge in [0.15, 0.2) is 16.6 Å². The lowest BCUT2D eigenvalue weighted by Crippen LogP contribution is -2.25. The Morgan fingerprint density at radius 3 is 2.63 bits per heavy atom. The normalized spacial score (nSPS) is 19.3. The fourth-order valence-corrected chi connectivity index (χ4v) is 5.15. The molecule has 0 fully saturated rings. The van der Waals surface area contributed by atoms with Crippen molar-refractivity contribution in [3.63, 3.8) is 0 Å². The number of carbonyl (C=O) groups is 1. The van der Waals surface area contributed by atoms with Crippen molar-refractivity contribution in [2.75, 3.05) is 5.32 Å². The summed E-state index contributed by atoms with van der Waals surface area (Å²) in [5.74, 6) is -0.338. The first kappa shape index (κ1) is 21.7. The topological polar surface area (TPSA) is 121 Å². The molecule has 2 atom stereocenters. The predicted octanol–water partition coefficient (Wildman–Crippen LogP) is 3.18. The van der Waals surface area contributed by atoms with E-state index in [0.717, 1.165) is 16.8 Å². The highest BCUT2D eigenvalue weighted by atomic mass is 35.5. The lowest BCUT2D eigenvalue weighted by Gasteiger charge is -2.24. The third-order valence-corrected chi connectivity index (χ3v) is 6.81. The van der Waals surface area contributed by atoms with Crippen LogP contribution in [0.25, 0.3) is 11.5 Å². The molecule has 5 heterocycles. The summed E-state index contributed by atoms with van der Waals surface area (Å²) in [6.07, 6.45) is 10.6. The van der Waals surface area contributed by atoms with E-state index in [1.165, 1.54) is 23.4 Å². The number of carbonyl (C=O) groups excluding carboxylic acids is 1. The Balaban J connectivity index is 1.38. The van der Waals surface area contributed by atoms with Gasteiger partial charge in [0.25, 0.3) is 0 Å². The van der Waals surface area contributed by atoms with E-state index >= 15 is 0 Å². The molecule has 1 aliphatic rings. The summed E-state index contributed by atoms with van der Waals surface area (Å²) in [6.45, 7) is 2.08. The monoisotopic (exact) mass is 508 g/mol. The van der Waals surface area contributed by atoms with E-state index in [0.29, 0.717) is 33.7 Å². The van der Waals surface area contributed by atoms with Crippen molar-refractivity contribution in [2.45, 2.75) is 24.7 Å². The summed E-state index contributed by atoms with van der Waals surface area (Å²) in [5, 5.41) is 20.5. The van der Waals surface area contributed by atoms with E-state index in [1.54, 1.807) is 27.5 Å². The quantitative estimate of drug-likeness (QED) is 0.395. The molecule has 0 unspecified atom stereocenters. The average molecular weight is 509 g/mol. The number of rotatable bonds is 4. The zero-order valence-corrected chi connectivity index (χ0v) is 20.1. The minimum atomic E-state index is -0.548. The molecule has 11 nitrogen and oxygen atoms in total. The fraction of sp³-hybridized carbons (Fsp3) is 0.227. The lowest BCUT2D eigenvalue weighted by molar-refractivity contribution is -0.117. The molecule has 0 radical (unpaired) electrons. The van der Waals surface area contributed by atoms with Gasteiger partial charge in [-0.05, 0) is 19.4 Å². The molecule has 0 aliphatic heterocycles. The largest absolute Gasteiger partial charge is 0.324 e. The zero-order valence-electron chi connectivity index (χ0n) is 18.6. The summed E-state index contributed by atoms with van der Waals surface area (Å²) in [4.78, 5) is 23.7. The molecule has 1 N–H and O–H groups in total. The van der Waals surface area contributed by atoms with Crippen molar-refractivity contribution >= 4 is 40.4 Å². The van der Waals surface area contributed by atoms with Gasteiger partial charge in [-0.3, -0.25) is 9.48 Å². The summed E-state index contributed by atoms with van der Waals surface area (Å²) >= 11 is 12.6. The molecule has 0 bridgehead atoms. The average Bonchev–Trinajstić information content (AvgIpc) is 3.60. The first-order valence-electron chi connectivity index (χ1n) is 10.7. The minimum absolute atomic E-state index is 0.207. The summed E-state index contributed by atoms with van der Waals surface area (Å²) in [5.41, 5.74) is 3.13. The Hall–Kier alpha value is -3.83. The molecule has 5 aromatic rings. The van der Waals surface area contributed by atoms with Crippen LogP contribution in [0, 0.1) is 0 Å². The standard InChI is InChI=1S/C22H18Cl2N10O/c1-22(12-8-29-32(2)11-12)7-14(15-10-25-18-6-17(24)31-33(18)19(15)22)21(35)30-13-5-16(23)20(26-9-13)34-27-3-4-28-34/h3-6,8-11,14H,7H2,1-2H3,(H,30,35)/t14-,22+/m0/s1. The van der Waals surface area contributed by atoms with Crippen LogP contribution in [0.2, 0.25) is 10.2 Å². The Kier molecular flexibility index (Phi) is 4.87. The van der Waals surface area contributed by atoms with Crippen molar-refractivity contribution in [2.24, 2.45) is 7.05 Å². The van der Waals surface area contributed by atoms with Crippen molar-refractivity contribution < 1.29 is 4.79 Å². The third kappa shape index (κ3) is 3.46. The SMILES string of the molecule is Cn1cc([C@@]2(C)C[C@H](C(=O)Nc3cnc(-n4nccn4)c(Cl)c3)c3cnc4cc(Cl)nn4c32)cn1. The van der Waals surface area contributed by atoms with E-state index in [2.05, 4.69) is 42.6 Å². The highest BCUT2D eigenvalue weighted by molar-refractivity contribution is 6.32. The number of aryl methyl sites for hydroxylation is 1. The zero-order chi connectivity index (χ0) is 24.3. The Bertz CT molecular complexity index is 1590. The highest BCUT2D eigenvalue weighted by Gasteiger charge is 2.47. The molecule has 0 saturated carbocycles. The number of anilines is 1. The molecule has 13 heteroatoms. The van der Waals surface area contributed by atoms with Gasteiger partial charge in [-0.25, -0.2) is 14.5 Å². The van der Waals surface area contributed by atoms with Crippen LogP contribution in [0.4, 0.5) is 5.69 Å². The summed E-state index contributed by atoms with van der Waals surface area (Å²) in [6, 6.07) is 3.32. The van der Waals surface area contributed by atoms with Crippen molar-refractivity contribution in [1.82, 2.24) is 44.4 Å². The first-order chi connectivity index (χ1) is 16.8. The third-order valence-electron chi connectivity index (χ3n) is 6.35. The van der Waals surface area contributed by atoms with Gasteiger partial charge in [0.1, 0.15) is 0 Å². The van der Waals surface area contributed by atoms with Gasteiger partial charge >= 0.3 is 0 Å². The molecule has 1 aliphatic carbocycles. The lowest BCUT2D eigenvalue weighted by atomic mass is 9.80. The number of nitrogens with zero attached hydrogens (tertiary/aromatic N) is 9. The molecule has 5 aromatic heterocycles. The van der Waals surface area contributed by atoms with Crippen LogP contribution in [-0.4, -0.2) is 50.3 Å². The fourth-order valence-electron chi connectivity index (χ4n) is 4.74. The number of aromatic nitrogens is 9. The molecule has 1 amide bonds. The van der Waals surface area contributed by atoms with Crippen LogP contribution in [0.1, 0.15) is 36.1 Å². The molecule has 0 aromatic carbocycles. The molecule has 6 rings (SSSR count). The van der Waals surface area contributed by atoms with Crippen LogP contribution in [0.15, 0.2) is 49.3 Å². The van der Waals surface area contributed by atoms with E-state index in [4.69, 9.17) is 23.2 Å². The number of hydrogen-bond acceptors (Lipinski definition) is 7. The molecular weight excluding hydrogens is 491 g/mol. The molecular formula is C22H18Cl2N10O. The molecule has 0 saturated heterocycles. The van der Waals surface area contributed by atoms with E-state index in [-0.39, 0.29) is 5.91 Å². The second-order valence-electron chi connectivity index (χ2n) is 8.63. The van der Waals surface area contributed by atoms with Gasteiger partial charge in [0.05, 0.1) is 47.1 Å². The maximum Gasteiger partial charge on any atom is 0.232 e.